The molecule has 0 fully saturated rings. The molecule has 0 saturated carbocycles. The van der Waals surface area contributed by atoms with Crippen LogP contribution in [-0.4, -0.2) is 24.8 Å². The van der Waals surface area contributed by atoms with Gasteiger partial charge in [-0.1, -0.05) is 47.5 Å². The molecule has 0 spiro atoms. The molecule has 0 saturated heterocycles. The van der Waals surface area contributed by atoms with Crippen LogP contribution in [0.1, 0.15) is 16.7 Å². The lowest BCUT2D eigenvalue weighted by molar-refractivity contribution is -0.394. The number of non-ortho nitro benzene ring substituents is 1. The molecule has 0 radical (unpaired) electrons. The maximum absolute atomic E-state index is 13.5. The Balaban J connectivity index is 1.99. The number of sulfonamides is 1. The van der Waals surface area contributed by atoms with Crippen LogP contribution in [0, 0.1) is 27.2 Å². The summed E-state index contributed by atoms with van der Waals surface area (Å²) in [5.41, 5.74) is 0.415. The van der Waals surface area contributed by atoms with E-state index < -0.39 is 31.2 Å². The fourth-order valence-electron chi connectivity index (χ4n) is 3.64. The fourth-order valence-corrected chi connectivity index (χ4v) is 5.28. The van der Waals surface area contributed by atoms with Gasteiger partial charge in [-0.15, -0.1) is 0 Å². The van der Waals surface area contributed by atoms with E-state index in [9.17, 15) is 28.6 Å². The molecule has 0 bridgehead atoms. The molecule has 11 heteroatoms. The first-order chi connectivity index (χ1) is 15.6. The van der Waals surface area contributed by atoms with Crippen molar-refractivity contribution in [2.24, 2.45) is 0 Å². The second-order valence-electron chi connectivity index (χ2n) is 7.39. The Kier molecular flexibility index (Phi) is 5.64. The molecule has 0 atom stereocenters. The van der Waals surface area contributed by atoms with Crippen molar-refractivity contribution in [3.05, 3.63) is 103 Å². The quantitative estimate of drug-likeness (QED) is 0.360. The Morgan fingerprint density at radius 1 is 1.00 bits per heavy atom. The zero-order valence-corrected chi connectivity index (χ0v) is 18.7. The first kappa shape index (κ1) is 22.4. The third kappa shape index (κ3) is 4.06. The molecule has 0 N–H and O–H groups in total. The van der Waals surface area contributed by atoms with Crippen LogP contribution in [0.15, 0.2) is 65.6 Å². The minimum atomic E-state index is -4.17. The van der Waals surface area contributed by atoms with Gasteiger partial charge >= 0.3 is 0 Å². The zero-order chi connectivity index (χ0) is 23.9. The molecular formula is C22H16ClN3O6S. The minimum Gasteiger partial charge on any atom is -0.261 e. The molecule has 3 aromatic rings. The number of nitro groups is 2. The van der Waals surface area contributed by atoms with Crippen molar-refractivity contribution >= 4 is 50.3 Å². The van der Waals surface area contributed by atoms with E-state index in [1.54, 1.807) is 49.4 Å². The molecule has 1 aliphatic heterocycles. The number of hydrogen-bond donors (Lipinski definition) is 0. The average molecular weight is 486 g/mol. The van der Waals surface area contributed by atoms with E-state index >= 15 is 0 Å². The van der Waals surface area contributed by atoms with Crippen LogP contribution in [0.3, 0.4) is 0 Å². The van der Waals surface area contributed by atoms with Crippen LogP contribution < -0.4 is 4.31 Å². The molecule has 4 rings (SSSR count). The Bertz CT molecular complexity index is 1430. The van der Waals surface area contributed by atoms with Crippen molar-refractivity contribution in [1.82, 2.24) is 0 Å². The Hall–Kier alpha value is -3.76. The third-order valence-electron chi connectivity index (χ3n) is 5.24. The maximum atomic E-state index is 13.5. The maximum Gasteiger partial charge on any atom is 0.285 e. The average Bonchev–Trinajstić information content (AvgIpc) is 3.14. The molecule has 9 nitrogen and oxygen atoms in total. The lowest BCUT2D eigenvalue weighted by atomic mass is 10.0. The highest BCUT2D eigenvalue weighted by Gasteiger charge is 2.40. The Morgan fingerprint density at radius 3 is 2.27 bits per heavy atom. The van der Waals surface area contributed by atoms with Crippen LogP contribution in [-0.2, 0) is 10.0 Å². The Morgan fingerprint density at radius 2 is 1.67 bits per heavy atom. The minimum absolute atomic E-state index is 0.00112. The summed E-state index contributed by atoms with van der Waals surface area (Å²) in [5, 5.41) is 23.6. The highest BCUT2D eigenvalue weighted by atomic mass is 35.5. The number of nitro benzene ring substituents is 2. The predicted molar refractivity (Wildman–Crippen MR) is 125 cm³/mol. The predicted octanol–water partition coefficient (Wildman–Crippen LogP) is 5.21. The van der Waals surface area contributed by atoms with E-state index in [1.165, 1.54) is 12.1 Å². The number of anilines is 1. The first-order valence-corrected chi connectivity index (χ1v) is 11.4. The van der Waals surface area contributed by atoms with Crippen molar-refractivity contribution in [3.8, 4) is 0 Å². The van der Waals surface area contributed by atoms with E-state index in [2.05, 4.69) is 0 Å². The standard InChI is InChI=1S/C22H16ClN3O6S/c1-14-6-8-18(9-7-14)33(31,32)24-13-16(10-15-4-2-3-5-19(15)23)22-20(24)11-17(25(27)28)12-21(22)26(29)30/h2-12H,13H2,1H3/b16-10+. The normalized spacial score (nSPS) is 14.4. The molecular weight excluding hydrogens is 470 g/mol. The van der Waals surface area contributed by atoms with Gasteiger partial charge in [-0.3, -0.25) is 24.5 Å². The molecule has 0 aromatic heterocycles. The lowest BCUT2D eigenvalue weighted by Gasteiger charge is -2.19. The summed E-state index contributed by atoms with van der Waals surface area (Å²) in [7, 11) is -4.17. The molecule has 0 amide bonds. The largest absolute Gasteiger partial charge is 0.285 e. The van der Waals surface area contributed by atoms with Gasteiger partial charge in [0.25, 0.3) is 21.4 Å². The van der Waals surface area contributed by atoms with E-state index in [-0.39, 0.29) is 22.7 Å². The summed E-state index contributed by atoms with van der Waals surface area (Å²) >= 11 is 6.24. The van der Waals surface area contributed by atoms with Gasteiger partial charge in [-0.05, 0) is 42.3 Å². The smallest absolute Gasteiger partial charge is 0.261 e. The van der Waals surface area contributed by atoms with Gasteiger partial charge in [0.15, 0.2) is 0 Å². The molecule has 3 aromatic carbocycles. The van der Waals surface area contributed by atoms with Crippen molar-refractivity contribution < 1.29 is 18.3 Å². The summed E-state index contributed by atoms with van der Waals surface area (Å²) in [5.74, 6) is 0. The molecule has 1 aliphatic rings. The number of rotatable bonds is 5. The van der Waals surface area contributed by atoms with Crippen LogP contribution in [0.2, 0.25) is 5.02 Å². The topological polar surface area (TPSA) is 124 Å². The number of hydrogen-bond acceptors (Lipinski definition) is 6. The highest BCUT2D eigenvalue weighted by molar-refractivity contribution is 7.92. The van der Waals surface area contributed by atoms with Gasteiger partial charge in [-0.2, -0.15) is 0 Å². The van der Waals surface area contributed by atoms with Gasteiger partial charge in [0.2, 0.25) is 0 Å². The van der Waals surface area contributed by atoms with E-state index in [0.29, 0.717) is 16.2 Å². The summed E-state index contributed by atoms with van der Waals surface area (Å²) in [6, 6.07) is 14.7. The van der Waals surface area contributed by atoms with E-state index in [0.717, 1.165) is 22.0 Å². The summed E-state index contributed by atoms with van der Waals surface area (Å²) in [6.07, 6.45) is 1.56. The molecule has 1 heterocycles. The molecule has 0 unspecified atom stereocenters. The highest BCUT2D eigenvalue weighted by Crippen LogP contribution is 2.47. The fraction of sp³-hybridized carbons (Fsp3) is 0.0909. The number of halogens is 1. The van der Waals surface area contributed by atoms with Crippen LogP contribution in [0.25, 0.3) is 11.6 Å². The third-order valence-corrected chi connectivity index (χ3v) is 7.35. The number of nitrogens with zero attached hydrogens (tertiary/aromatic N) is 3. The molecule has 168 valence electrons. The molecule has 0 aliphatic carbocycles. The SMILES string of the molecule is Cc1ccc(S(=O)(=O)N2C/C(=C\c3ccccc3Cl)c3c2cc([N+](=O)[O-])cc3[N+](=O)[O-])cc1. The second kappa shape index (κ2) is 8.30. The van der Waals surface area contributed by atoms with Gasteiger partial charge in [0.1, 0.15) is 0 Å². The van der Waals surface area contributed by atoms with Crippen LogP contribution >= 0.6 is 11.6 Å². The number of aryl methyl sites for hydroxylation is 1. The monoisotopic (exact) mass is 485 g/mol. The summed E-state index contributed by atoms with van der Waals surface area (Å²) in [6.45, 7) is 1.55. The summed E-state index contributed by atoms with van der Waals surface area (Å²) in [4.78, 5) is 21.7. The van der Waals surface area contributed by atoms with Gasteiger partial charge in [0.05, 0.1) is 38.6 Å². The number of fused-ring (bicyclic) bond motifs is 1. The van der Waals surface area contributed by atoms with Crippen LogP contribution in [0.5, 0.6) is 0 Å². The van der Waals surface area contributed by atoms with Gasteiger partial charge in [-0.25, -0.2) is 8.42 Å². The lowest BCUT2D eigenvalue weighted by Crippen LogP contribution is -2.29. The van der Waals surface area contributed by atoms with Gasteiger partial charge < -0.3 is 0 Å². The zero-order valence-electron chi connectivity index (χ0n) is 17.1. The van der Waals surface area contributed by atoms with E-state index in [1.807, 2.05) is 0 Å². The van der Waals surface area contributed by atoms with Gasteiger partial charge in [0, 0.05) is 11.1 Å². The first-order valence-electron chi connectivity index (χ1n) is 9.61. The second-order valence-corrected chi connectivity index (χ2v) is 9.66. The van der Waals surface area contributed by atoms with Crippen LogP contribution in [0.4, 0.5) is 17.1 Å². The Labute approximate surface area is 193 Å². The molecule has 33 heavy (non-hydrogen) atoms. The van der Waals surface area contributed by atoms with Crippen molar-refractivity contribution in [3.63, 3.8) is 0 Å². The van der Waals surface area contributed by atoms with E-state index in [4.69, 9.17) is 11.6 Å². The van der Waals surface area contributed by atoms with Crippen molar-refractivity contribution in [2.45, 2.75) is 11.8 Å². The van der Waals surface area contributed by atoms with Crippen molar-refractivity contribution in [2.75, 3.05) is 10.8 Å². The number of benzene rings is 3. The van der Waals surface area contributed by atoms with Crippen molar-refractivity contribution in [1.29, 1.82) is 0 Å². The summed E-state index contributed by atoms with van der Waals surface area (Å²) < 4.78 is 27.9.